The summed E-state index contributed by atoms with van der Waals surface area (Å²) in [6, 6.07) is 13.7. The molecule has 3 aromatic rings. The van der Waals surface area contributed by atoms with Crippen molar-refractivity contribution in [1.82, 2.24) is 14.9 Å². The van der Waals surface area contributed by atoms with E-state index in [1.54, 1.807) is 54.8 Å². The monoisotopic (exact) mass is 364 g/mol. The van der Waals surface area contributed by atoms with Gasteiger partial charge in [-0.1, -0.05) is 12.1 Å². The van der Waals surface area contributed by atoms with Gasteiger partial charge in [-0.2, -0.15) is 0 Å². The Kier molecular flexibility index (Phi) is 6.10. The van der Waals surface area contributed by atoms with E-state index in [2.05, 4.69) is 15.3 Å². The fourth-order valence-electron chi connectivity index (χ4n) is 2.61. The van der Waals surface area contributed by atoms with Crippen molar-refractivity contribution >= 4 is 11.6 Å². The van der Waals surface area contributed by atoms with Gasteiger partial charge >= 0.3 is 0 Å². The Morgan fingerprint density at radius 3 is 2.52 bits per heavy atom. The quantitative estimate of drug-likeness (QED) is 0.697. The first-order valence-electron chi connectivity index (χ1n) is 8.70. The Labute approximate surface area is 157 Å². The molecule has 2 heterocycles. The van der Waals surface area contributed by atoms with E-state index in [4.69, 9.17) is 0 Å². The van der Waals surface area contributed by atoms with Crippen molar-refractivity contribution in [2.24, 2.45) is 0 Å². The van der Waals surface area contributed by atoms with Crippen LogP contribution in [-0.4, -0.2) is 34.4 Å². The number of anilines is 1. The molecule has 0 saturated heterocycles. The third-order valence-electron chi connectivity index (χ3n) is 4.22. The van der Waals surface area contributed by atoms with Crippen molar-refractivity contribution < 1.29 is 9.18 Å². The lowest BCUT2D eigenvalue weighted by molar-refractivity contribution is 0.0791. The summed E-state index contributed by atoms with van der Waals surface area (Å²) >= 11 is 0. The Hall–Kier alpha value is -3.28. The molecule has 3 rings (SSSR count). The summed E-state index contributed by atoms with van der Waals surface area (Å²) < 4.78 is 13.0. The van der Waals surface area contributed by atoms with Gasteiger partial charge in [0.25, 0.3) is 5.91 Å². The van der Waals surface area contributed by atoms with E-state index in [0.717, 1.165) is 23.2 Å². The van der Waals surface area contributed by atoms with Gasteiger partial charge in [0, 0.05) is 44.4 Å². The van der Waals surface area contributed by atoms with Crippen LogP contribution in [0.5, 0.6) is 0 Å². The molecule has 138 valence electrons. The molecule has 0 saturated carbocycles. The minimum atomic E-state index is -0.259. The van der Waals surface area contributed by atoms with E-state index in [1.807, 2.05) is 12.1 Å². The maximum atomic E-state index is 13.0. The van der Waals surface area contributed by atoms with Gasteiger partial charge in [0.05, 0.1) is 0 Å². The van der Waals surface area contributed by atoms with Crippen LogP contribution in [0, 0.1) is 5.82 Å². The van der Waals surface area contributed by atoms with Crippen LogP contribution in [0.15, 0.2) is 67.1 Å². The topological polar surface area (TPSA) is 58.1 Å². The SMILES string of the molecule is CN(CCc1ccncc1)C(=O)c1cc(NCc2ccc(F)cc2)ccn1. The van der Waals surface area contributed by atoms with E-state index >= 15 is 0 Å². The molecule has 0 atom stereocenters. The number of hydrogen-bond donors (Lipinski definition) is 1. The minimum Gasteiger partial charge on any atom is -0.381 e. The molecular formula is C21H21FN4O. The van der Waals surface area contributed by atoms with Crippen LogP contribution >= 0.6 is 0 Å². The van der Waals surface area contributed by atoms with Crippen LogP contribution in [-0.2, 0) is 13.0 Å². The zero-order valence-electron chi connectivity index (χ0n) is 15.1. The predicted molar refractivity (Wildman–Crippen MR) is 103 cm³/mol. The third kappa shape index (κ3) is 5.34. The second-order valence-corrected chi connectivity index (χ2v) is 6.24. The fraction of sp³-hybridized carbons (Fsp3) is 0.190. The number of amides is 1. The van der Waals surface area contributed by atoms with Gasteiger partial charge in [0.2, 0.25) is 0 Å². The number of carbonyl (C=O) groups excluding carboxylic acids is 1. The summed E-state index contributed by atoms with van der Waals surface area (Å²) in [5.74, 6) is -0.389. The molecule has 6 heteroatoms. The zero-order chi connectivity index (χ0) is 19.1. The van der Waals surface area contributed by atoms with Gasteiger partial charge in [0.1, 0.15) is 11.5 Å². The number of nitrogens with one attached hydrogen (secondary N) is 1. The number of aromatic nitrogens is 2. The van der Waals surface area contributed by atoms with Crippen LogP contribution in [0.1, 0.15) is 21.6 Å². The highest BCUT2D eigenvalue weighted by molar-refractivity contribution is 5.93. The molecular weight excluding hydrogens is 343 g/mol. The first kappa shape index (κ1) is 18.5. The van der Waals surface area contributed by atoms with Crippen molar-refractivity contribution in [3.05, 3.63) is 89.8 Å². The number of nitrogens with zero attached hydrogens (tertiary/aromatic N) is 3. The molecule has 0 bridgehead atoms. The Morgan fingerprint density at radius 1 is 1.04 bits per heavy atom. The maximum absolute atomic E-state index is 13.0. The lowest BCUT2D eigenvalue weighted by atomic mass is 10.2. The molecule has 0 radical (unpaired) electrons. The molecule has 1 N–H and O–H groups in total. The molecule has 0 spiro atoms. The number of likely N-dealkylation sites (N-methyl/N-ethyl adjacent to an activating group) is 1. The summed E-state index contributed by atoms with van der Waals surface area (Å²) in [4.78, 5) is 22.5. The lowest BCUT2D eigenvalue weighted by Gasteiger charge is -2.17. The highest BCUT2D eigenvalue weighted by atomic mass is 19.1. The third-order valence-corrected chi connectivity index (χ3v) is 4.22. The largest absolute Gasteiger partial charge is 0.381 e. The fourth-order valence-corrected chi connectivity index (χ4v) is 2.61. The van der Waals surface area contributed by atoms with Crippen molar-refractivity contribution in [2.45, 2.75) is 13.0 Å². The number of halogens is 1. The second-order valence-electron chi connectivity index (χ2n) is 6.24. The molecule has 1 aromatic carbocycles. The first-order valence-corrected chi connectivity index (χ1v) is 8.70. The van der Waals surface area contributed by atoms with Gasteiger partial charge < -0.3 is 10.2 Å². The summed E-state index contributed by atoms with van der Waals surface area (Å²) in [5, 5.41) is 3.23. The Balaban J connectivity index is 1.58. The van der Waals surface area contributed by atoms with Crippen LogP contribution in [0.25, 0.3) is 0 Å². The molecule has 1 amide bonds. The maximum Gasteiger partial charge on any atom is 0.272 e. The minimum absolute atomic E-state index is 0.130. The van der Waals surface area contributed by atoms with Crippen LogP contribution in [0.4, 0.5) is 10.1 Å². The van der Waals surface area contributed by atoms with Crippen LogP contribution in [0.3, 0.4) is 0 Å². The number of benzene rings is 1. The Bertz CT molecular complexity index is 884. The van der Waals surface area contributed by atoms with E-state index in [-0.39, 0.29) is 11.7 Å². The van der Waals surface area contributed by atoms with Gasteiger partial charge in [-0.3, -0.25) is 14.8 Å². The zero-order valence-corrected chi connectivity index (χ0v) is 15.1. The molecule has 0 unspecified atom stereocenters. The smallest absolute Gasteiger partial charge is 0.272 e. The summed E-state index contributed by atoms with van der Waals surface area (Å²) in [7, 11) is 1.77. The van der Waals surface area contributed by atoms with Gasteiger partial charge in [-0.05, 0) is 53.9 Å². The molecule has 27 heavy (non-hydrogen) atoms. The van der Waals surface area contributed by atoms with E-state index < -0.39 is 0 Å². The molecule has 0 aliphatic rings. The van der Waals surface area contributed by atoms with E-state index in [0.29, 0.717) is 18.8 Å². The summed E-state index contributed by atoms with van der Waals surface area (Å²) in [5.41, 5.74) is 3.26. The highest BCUT2D eigenvalue weighted by Crippen LogP contribution is 2.12. The average molecular weight is 364 g/mol. The first-order chi connectivity index (χ1) is 13.1. The molecule has 2 aromatic heterocycles. The number of hydrogen-bond acceptors (Lipinski definition) is 4. The van der Waals surface area contributed by atoms with Crippen LogP contribution in [0.2, 0.25) is 0 Å². The molecule has 0 fully saturated rings. The average Bonchev–Trinajstić information content (AvgIpc) is 2.72. The summed E-state index contributed by atoms with van der Waals surface area (Å²) in [6.07, 6.45) is 5.86. The van der Waals surface area contributed by atoms with Crippen molar-refractivity contribution in [3.63, 3.8) is 0 Å². The Morgan fingerprint density at radius 2 is 1.78 bits per heavy atom. The highest BCUT2D eigenvalue weighted by Gasteiger charge is 2.13. The van der Waals surface area contributed by atoms with Crippen molar-refractivity contribution in [1.29, 1.82) is 0 Å². The number of rotatable bonds is 7. The normalized spacial score (nSPS) is 10.4. The molecule has 0 aliphatic heterocycles. The second kappa shape index (κ2) is 8.89. The lowest BCUT2D eigenvalue weighted by Crippen LogP contribution is -2.29. The molecule has 0 aliphatic carbocycles. The van der Waals surface area contributed by atoms with Crippen molar-refractivity contribution in [3.8, 4) is 0 Å². The van der Waals surface area contributed by atoms with Crippen molar-refractivity contribution in [2.75, 3.05) is 18.9 Å². The number of pyridine rings is 2. The summed E-state index contributed by atoms with van der Waals surface area (Å²) in [6.45, 7) is 1.13. The predicted octanol–water partition coefficient (Wildman–Crippen LogP) is 3.54. The van der Waals surface area contributed by atoms with Gasteiger partial charge in [-0.15, -0.1) is 0 Å². The van der Waals surface area contributed by atoms with Gasteiger partial charge in [-0.25, -0.2) is 4.39 Å². The van der Waals surface area contributed by atoms with E-state index in [9.17, 15) is 9.18 Å². The van der Waals surface area contributed by atoms with E-state index in [1.165, 1.54) is 12.1 Å². The van der Waals surface area contributed by atoms with Crippen LogP contribution < -0.4 is 5.32 Å². The standard InChI is InChI=1S/C21H21FN4O/c1-26(13-9-16-6-10-23-11-7-16)21(27)20-14-19(8-12-24-20)25-15-17-2-4-18(22)5-3-17/h2-8,10-12,14H,9,13,15H2,1H3,(H,24,25). The number of carbonyl (C=O) groups is 1. The van der Waals surface area contributed by atoms with Gasteiger partial charge in [0.15, 0.2) is 0 Å². The molecule has 5 nitrogen and oxygen atoms in total.